The van der Waals surface area contributed by atoms with Gasteiger partial charge in [-0.15, -0.1) is 0 Å². The Bertz CT molecular complexity index is 1330. The molecule has 8 heteroatoms. The second kappa shape index (κ2) is 8.74. The molecule has 1 aromatic carbocycles. The number of hydrogen-bond acceptors (Lipinski definition) is 7. The van der Waals surface area contributed by atoms with E-state index in [1.165, 1.54) is 6.20 Å². The van der Waals surface area contributed by atoms with Crippen LogP contribution in [0.5, 0.6) is 0 Å². The molecule has 3 aromatic heterocycles. The van der Waals surface area contributed by atoms with Gasteiger partial charge in [0.25, 0.3) is 0 Å². The second-order valence-corrected chi connectivity index (χ2v) is 7.69. The van der Waals surface area contributed by atoms with Crippen molar-refractivity contribution in [1.82, 2.24) is 19.7 Å². The Morgan fingerprint density at radius 1 is 1.09 bits per heavy atom. The van der Waals surface area contributed by atoms with E-state index in [0.29, 0.717) is 28.0 Å². The molecule has 0 bridgehead atoms. The highest BCUT2D eigenvalue weighted by Crippen LogP contribution is 2.25. The van der Waals surface area contributed by atoms with E-state index in [0.717, 1.165) is 16.3 Å². The van der Waals surface area contributed by atoms with E-state index in [1.54, 1.807) is 23.9 Å². The Morgan fingerprint density at radius 2 is 1.88 bits per heavy atom. The number of rotatable bonds is 6. The first kappa shape index (κ1) is 21.4. The first-order valence-electron chi connectivity index (χ1n) is 10.5. The van der Waals surface area contributed by atoms with Crippen molar-refractivity contribution in [2.24, 2.45) is 0 Å². The van der Waals surface area contributed by atoms with E-state index in [-0.39, 0.29) is 19.3 Å². The Morgan fingerprint density at radius 3 is 2.62 bits per heavy atom. The molecule has 4 rings (SSSR count). The summed E-state index contributed by atoms with van der Waals surface area (Å²) in [5.74, 6) is -1.04. The zero-order chi connectivity index (χ0) is 22.8. The highest BCUT2D eigenvalue weighted by molar-refractivity contribution is 5.98. The maximum Gasteiger partial charge on any atom is 0.340 e. The number of carbonyl (C=O) groups is 2. The lowest BCUT2D eigenvalue weighted by atomic mass is 10.0. The standard InChI is InChI=1S/C24H24N4O4/c1-5-31-24(30)21-15(4)18-8-6-7-9-19(18)27-20(21)13-32-23(29)17-10-16-12-26-28(14(2)3)22(16)25-11-17/h6-12,14H,5,13H2,1-4H3. The molecule has 3 heterocycles. The normalized spacial score (nSPS) is 11.3. The van der Waals surface area contributed by atoms with Crippen LogP contribution < -0.4 is 0 Å². The number of carbonyl (C=O) groups excluding carboxylic acids is 2. The number of para-hydroxylation sites is 1. The molecule has 164 valence electrons. The zero-order valence-corrected chi connectivity index (χ0v) is 18.5. The summed E-state index contributed by atoms with van der Waals surface area (Å²) in [4.78, 5) is 34.3. The minimum absolute atomic E-state index is 0.154. The summed E-state index contributed by atoms with van der Waals surface area (Å²) in [6.45, 7) is 7.67. The van der Waals surface area contributed by atoms with Crippen LogP contribution in [-0.4, -0.2) is 38.3 Å². The molecule has 0 saturated carbocycles. The third-order valence-corrected chi connectivity index (χ3v) is 5.20. The van der Waals surface area contributed by atoms with Gasteiger partial charge in [-0.1, -0.05) is 18.2 Å². The van der Waals surface area contributed by atoms with E-state index in [2.05, 4.69) is 15.1 Å². The third-order valence-electron chi connectivity index (χ3n) is 5.20. The van der Waals surface area contributed by atoms with Gasteiger partial charge in [-0.05, 0) is 45.4 Å². The van der Waals surface area contributed by atoms with Crippen LogP contribution in [0, 0.1) is 6.92 Å². The molecule has 0 amide bonds. The SMILES string of the molecule is CCOC(=O)c1c(COC(=O)c2cnc3c(cnn3C(C)C)c2)nc2ccccc2c1C. The molecule has 0 aliphatic heterocycles. The molecule has 32 heavy (non-hydrogen) atoms. The summed E-state index contributed by atoms with van der Waals surface area (Å²) in [6.07, 6.45) is 3.14. The first-order valence-corrected chi connectivity index (χ1v) is 10.5. The molecule has 8 nitrogen and oxygen atoms in total. The Balaban J connectivity index is 1.63. The van der Waals surface area contributed by atoms with Crippen molar-refractivity contribution in [1.29, 1.82) is 0 Å². The van der Waals surface area contributed by atoms with Gasteiger partial charge in [-0.3, -0.25) is 0 Å². The van der Waals surface area contributed by atoms with Crippen molar-refractivity contribution in [3.8, 4) is 0 Å². The van der Waals surface area contributed by atoms with Crippen molar-refractivity contribution in [3.05, 3.63) is 65.1 Å². The molecular formula is C24H24N4O4. The lowest BCUT2D eigenvalue weighted by Crippen LogP contribution is -2.15. The number of benzene rings is 1. The number of aromatic nitrogens is 4. The summed E-state index contributed by atoms with van der Waals surface area (Å²) in [5, 5.41) is 5.92. The molecule has 0 spiro atoms. The van der Waals surface area contributed by atoms with E-state index in [9.17, 15) is 9.59 Å². The van der Waals surface area contributed by atoms with Crippen molar-refractivity contribution in [2.75, 3.05) is 6.61 Å². The van der Waals surface area contributed by atoms with Crippen molar-refractivity contribution >= 4 is 33.9 Å². The third kappa shape index (κ3) is 3.91. The van der Waals surface area contributed by atoms with Gasteiger partial charge in [0, 0.05) is 23.0 Å². The van der Waals surface area contributed by atoms with Crippen LogP contribution in [0.1, 0.15) is 58.8 Å². The van der Waals surface area contributed by atoms with Gasteiger partial charge in [-0.25, -0.2) is 24.2 Å². The monoisotopic (exact) mass is 432 g/mol. The number of esters is 2. The lowest BCUT2D eigenvalue weighted by molar-refractivity contribution is 0.0444. The summed E-state index contributed by atoms with van der Waals surface area (Å²) < 4.78 is 12.5. The van der Waals surface area contributed by atoms with Crippen LogP contribution in [-0.2, 0) is 16.1 Å². The molecule has 0 fully saturated rings. The van der Waals surface area contributed by atoms with E-state index in [4.69, 9.17) is 9.47 Å². The van der Waals surface area contributed by atoms with Crippen LogP contribution in [0.2, 0.25) is 0 Å². The summed E-state index contributed by atoms with van der Waals surface area (Å²) in [6, 6.07) is 9.35. The van der Waals surface area contributed by atoms with Crippen LogP contribution in [0.4, 0.5) is 0 Å². The fourth-order valence-electron chi connectivity index (χ4n) is 3.67. The lowest BCUT2D eigenvalue weighted by Gasteiger charge is -2.14. The minimum Gasteiger partial charge on any atom is -0.462 e. The van der Waals surface area contributed by atoms with Gasteiger partial charge in [0.05, 0.1) is 35.1 Å². The second-order valence-electron chi connectivity index (χ2n) is 7.69. The number of pyridine rings is 2. The van der Waals surface area contributed by atoms with Gasteiger partial charge in [-0.2, -0.15) is 5.10 Å². The number of hydrogen-bond donors (Lipinski definition) is 0. The van der Waals surface area contributed by atoms with Crippen molar-refractivity contribution < 1.29 is 19.1 Å². The van der Waals surface area contributed by atoms with Crippen LogP contribution >= 0.6 is 0 Å². The summed E-state index contributed by atoms with van der Waals surface area (Å²) >= 11 is 0. The minimum atomic E-state index is -0.556. The topological polar surface area (TPSA) is 96.2 Å². The average Bonchev–Trinajstić information content (AvgIpc) is 3.21. The van der Waals surface area contributed by atoms with Gasteiger partial charge in [0.15, 0.2) is 5.65 Å². The predicted molar refractivity (Wildman–Crippen MR) is 119 cm³/mol. The predicted octanol–water partition coefficient (Wildman–Crippen LogP) is 4.40. The highest BCUT2D eigenvalue weighted by Gasteiger charge is 2.21. The fourth-order valence-corrected chi connectivity index (χ4v) is 3.67. The molecule has 0 radical (unpaired) electrons. The maximum absolute atomic E-state index is 12.7. The van der Waals surface area contributed by atoms with Crippen molar-refractivity contribution in [2.45, 2.75) is 40.3 Å². The average molecular weight is 432 g/mol. The number of aryl methyl sites for hydroxylation is 1. The summed E-state index contributed by atoms with van der Waals surface area (Å²) in [5.41, 5.74) is 3.14. The van der Waals surface area contributed by atoms with Gasteiger partial charge >= 0.3 is 11.9 Å². The zero-order valence-electron chi connectivity index (χ0n) is 18.5. The van der Waals surface area contributed by atoms with E-state index < -0.39 is 11.9 Å². The van der Waals surface area contributed by atoms with Crippen molar-refractivity contribution in [3.63, 3.8) is 0 Å². The smallest absolute Gasteiger partial charge is 0.340 e. The highest BCUT2D eigenvalue weighted by atomic mass is 16.5. The van der Waals surface area contributed by atoms with Crippen LogP contribution in [0.25, 0.3) is 21.9 Å². The number of fused-ring (bicyclic) bond motifs is 2. The molecule has 0 aliphatic carbocycles. The number of ether oxygens (including phenoxy) is 2. The quantitative estimate of drug-likeness (QED) is 0.417. The van der Waals surface area contributed by atoms with Crippen LogP contribution in [0.15, 0.2) is 42.7 Å². The van der Waals surface area contributed by atoms with Gasteiger partial charge in [0.1, 0.15) is 6.61 Å². The molecule has 0 aliphatic rings. The van der Waals surface area contributed by atoms with Crippen LogP contribution in [0.3, 0.4) is 0 Å². The Labute approximate surface area is 185 Å². The Kier molecular flexibility index (Phi) is 5.85. The fraction of sp³-hybridized carbons (Fsp3) is 0.292. The molecule has 0 atom stereocenters. The molecule has 0 unspecified atom stereocenters. The number of nitrogens with zero attached hydrogens (tertiary/aromatic N) is 4. The van der Waals surface area contributed by atoms with E-state index in [1.807, 2.05) is 45.0 Å². The van der Waals surface area contributed by atoms with Gasteiger partial charge < -0.3 is 9.47 Å². The van der Waals surface area contributed by atoms with Gasteiger partial charge in [0.2, 0.25) is 0 Å². The van der Waals surface area contributed by atoms with E-state index >= 15 is 0 Å². The summed E-state index contributed by atoms with van der Waals surface area (Å²) in [7, 11) is 0. The molecule has 4 aromatic rings. The molecule has 0 saturated heterocycles. The maximum atomic E-state index is 12.7. The largest absolute Gasteiger partial charge is 0.462 e. The Hall–Kier alpha value is -3.81. The molecule has 0 N–H and O–H groups in total. The first-order chi connectivity index (χ1) is 15.4. The molecular weight excluding hydrogens is 408 g/mol.